The lowest BCUT2D eigenvalue weighted by Crippen LogP contribution is -2.65. The molecule has 4 aliphatic rings. The van der Waals surface area contributed by atoms with Gasteiger partial charge in [-0.25, -0.2) is 9.48 Å². The minimum absolute atomic E-state index is 0.0355. The van der Waals surface area contributed by atoms with E-state index in [1.165, 1.54) is 4.68 Å². The second-order valence-electron chi connectivity index (χ2n) is 12.4. The van der Waals surface area contributed by atoms with Crippen LogP contribution in [0.5, 0.6) is 0 Å². The molecule has 212 valence electrons. The van der Waals surface area contributed by atoms with E-state index >= 15 is 0 Å². The lowest BCUT2D eigenvalue weighted by atomic mass is 9.66. The first-order valence-corrected chi connectivity index (χ1v) is 14.7. The van der Waals surface area contributed by atoms with Crippen LogP contribution in [-0.2, 0) is 11.3 Å². The van der Waals surface area contributed by atoms with Crippen molar-refractivity contribution < 1.29 is 14.6 Å². The Hall–Kier alpha value is -3.23. The maximum Gasteiger partial charge on any atom is 0.320 e. The molecular formula is C32H40N4O4. The molecule has 1 N–H and O–H groups in total. The zero-order chi connectivity index (χ0) is 27.8. The Balaban J connectivity index is 1.22. The molecule has 1 aromatic heterocycles. The van der Waals surface area contributed by atoms with E-state index in [4.69, 9.17) is 4.74 Å². The van der Waals surface area contributed by atoms with Crippen LogP contribution in [0.2, 0.25) is 0 Å². The average Bonchev–Trinajstić information content (AvgIpc) is 3.46. The maximum absolute atomic E-state index is 14.1. The molecule has 3 heterocycles. The van der Waals surface area contributed by atoms with Crippen LogP contribution in [0.15, 0.2) is 71.7 Å². The predicted octanol–water partition coefficient (Wildman–Crippen LogP) is 4.25. The van der Waals surface area contributed by atoms with Crippen LogP contribution in [0.4, 0.5) is 4.79 Å². The standard InChI is InChI=1S/C32H40N4O4/c1-30(12-6-3-7-13-30)27-22-40-19-18-35(27)29(38)34-17-16-32(39,31(23-34)14-8-9-15-31)24-36-28(37)20-26(21-33-36)25-10-4-2-5-11-25/h2-7,10-12,20-21,27,39H,8-9,13-19,22-24H2,1H3/t27-,30?,32?/m0/s1. The molecule has 40 heavy (non-hydrogen) atoms. The Labute approximate surface area is 235 Å². The van der Waals surface area contributed by atoms with Gasteiger partial charge in [0.2, 0.25) is 0 Å². The number of allylic oxidation sites excluding steroid dienone is 3. The molecule has 2 aliphatic carbocycles. The number of amides is 2. The molecule has 6 rings (SSSR count). The number of carbonyl (C=O) groups excluding carboxylic acids is 1. The number of nitrogens with zero attached hydrogens (tertiary/aromatic N) is 4. The van der Waals surface area contributed by atoms with Crippen LogP contribution in [-0.4, -0.2) is 75.2 Å². The number of hydrogen-bond donors (Lipinski definition) is 1. The van der Waals surface area contributed by atoms with E-state index in [2.05, 4.69) is 36.3 Å². The minimum Gasteiger partial charge on any atom is -0.387 e. The van der Waals surface area contributed by atoms with Gasteiger partial charge in [0.1, 0.15) is 0 Å². The number of aromatic nitrogens is 2. The molecule has 1 saturated carbocycles. The van der Waals surface area contributed by atoms with Crippen molar-refractivity contribution in [3.8, 4) is 11.1 Å². The first kappa shape index (κ1) is 27.0. The number of hydrogen-bond acceptors (Lipinski definition) is 5. The quantitative estimate of drug-likeness (QED) is 0.622. The molecule has 3 atom stereocenters. The van der Waals surface area contributed by atoms with E-state index in [0.717, 1.165) is 43.2 Å². The largest absolute Gasteiger partial charge is 0.387 e. The van der Waals surface area contributed by atoms with Gasteiger partial charge in [0.05, 0.1) is 37.6 Å². The molecule has 3 fully saturated rings. The molecule has 8 heteroatoms. The maximum atomic E-state index is 14.1. The molecule has 1 aromatic carbocycles. The van der Waals surface area contributed by atoms with Crippen molar-refractivity contribution in [2.45, 2.75) is 63.6 Å². The molecule has 2 unspecified atom stereocenters. The third kappa shape index (κ3) is 4.81. The fraction of sp³-hybridized carbons (Fsp3) is 0.531. The van der Waals surface area contributed by atoms with E-state index in [-0.39, 0.29) is 29.6 Å². The number of benzene rings is 1. The summed E-state index contributed by atoms with van der Waals surface area (Å²) in [7, 11) is 0. The molecular weight excluding hydrogens is 504 g/mol. The summed E-state index contributed by atoms with van der Waals surface area (Å²) in [5.74, 6) is 0. The SMILES string of the molecule is CC1([C@@H]2COCCN2C(=O)N2CCC(O)(Cn3ncc(-c4ccccc4)cc3=O)C3(CCCC3)C2)C=CC=CC1. The van der Waals surface area contributed by atoms with E-state index in [0.29, 0.717) is 39.3 Å². The summed E-state index contributed by atoms with van der Waals surface area (Å²) in [4.78, 5) is 31.2. The van der Waals surface area contributed by atoms with Crippen molar-refractivity contribution in [2.24, 2.45) is 10.8 Å². The number of rotatable bonds is 4. The third-order valence-corrected chi connectivity index (χ3v) is 9.91. The highest BCUT2D eigenvalue weighted by atomic mass is 16.5. The van der Waals surface area contributed by atoms with E-state index in [9.17, 15) is 14.7 Å². The van der Waals surface area contributed by atoms with Crippen LogP contribution >= 0.6 is 0 Å². The average molecular weight is 545 g/mol. The van der Waals surface area contributed by atoms with Gasteiger partial charge in [-0.1, -0.05) is 74.4 Å². The van der Waals surface area contributed by atoms with Crippen LogP contribution in [0.1, 0.15) is 45.4 Å². The Kier molecular flexibility index (Phi) is 7.17. The summed E-state index contributed by atoms with van der Waals surface area (Å²) < 4.78 is 7.27. The fourth-order valence-electron chi connectivity index (χ4n) is 7.40. The molecule has 2 saturated heterocycles. The van der Waals surface area contributed by atoms with Crippen molar-refractivity contribution in [1.82, 2.24) is 19.6 Å². The number of ether oxygens (including phenoxy) is 1. The Morgan fingerprint density at radius 3 is 2.62 bits per heavy atom. The summed E-state index contributed by atoms with van der Waals surface area (Å²) in [5, 5.41) is 16.7. The number of likely N-dealkylation sites (tertiary alicyclic amines) is 1. The van der Waals surface area contributed by atoms with Gasteiger partial charge in [0.25, 0.3) is 5.56 Å². The van der Waals surface area contributed by atoms with Crippen LogP contribution in [0, 0.1) is 10.8 Å². The summed E-state index contributed by atoms with van der Waals surface area (Å²) in [6.45, 7) is 4.91. The normalized spacial score (nSPS) is 29.7. The van der Waals surface area contributed by atoms with Gasteiger partial charge in [0, 0.05) is 42.1 Å². The van der Waals surface area contributed by atoms with Crippen LogP contribution < -0.4 is 5.56 Å². The zero-order valence-corrected chi connectivity index (χ0v) is 23.4. The summed E-state index contributed by atoms with van der Waals surface area (Å²) in [6.07, 6.45) is 15.2. The van der Waals surface area contributed by atoms with Crippen LogP contribution in [0.25, 0.3) is 11.1 Å². The number of carbonyl (C=O) groups is 1. The lowest BCUT2D eigenvalue weighted by Gasteiger charge is -2.54. The minimum atomic E-state index is -1.11. The molecule has 2 aromatic rings. The first-order chi connectivity index (χ1) is 19.3. The highest BCUT2D eigenvalue weighted by molar-refractivity contribution is 5.75. The highest BCUT2D eigenvalue weighted by Gasteiger charge is 2.56. The number of morpholine rings is 1. The molecule has 0 radical (unpaired) electrons. The Morgan fingerprint density at radius 1 is 1.10 bits per heavy atom. The smallest absolute Gasteiger partial charge is 0.320 e. The van der Waals surface area contributed by atoms with Gasteiger partial charge in [-0.15, -0.1) is 0 Å². The van der Waals surface area contributed by atoms with Gasteiger partial charge in [-0.3, -0.25) is 4.79 Å². The van der Waals surface area contributed by atoms with Crippen molar-refractivity contribution >= 4 is 6.03 Å². The monoisotopic (exact) mass is 544 g/mol. The summed E-state index contributed by atoms with van der Waals surface area (Å²) >= 11 is 0. The molecule has 1 spiro atoms. The Bertz CT molecular complexity index is 1350. The van der Waals surface area contributed by atoms with Gasteiger partial charge >= 0.3 is 6.03 Å². The topological polar surface area (TPSA) is 87.9 Å². The summed E-state index contributed by atoms with van der Waals surface area (Å²) in [5.41, 5.74) is -0.266. The van der Waals surface area contributed by atoms with Crippen molar-refractivity contribution in [3.63, 3.8) is 0 Å². The number of aliphatic hydroxyl groups is 1. The molecule has 0 bridgehead atoms. The third-order valence-electron chi connectivity index (χ3n) is 9.91. The van der Waals surface area contributed by atoms with Crippen molar-refractivity contribution in [3.05, 3.63) is 77.3 Å². The van der Waals surface area contributed by atoms with E-state index in [1.54, 1.807) is 12.3 Å². The Morgan fingerprint density at radius 2 is 1.90 bits per heavy atom. The highest BCUT2D eigenvalue weighted by Crippen LogP contribution is 2.52. The van der Waals surface area contributed by atoms with Crippen molar-refractivity contribution in [2.75, 3.05) is 32.8 Å². The lowest BCUT2D eigenvalue weighted by molar-refractivity contribution is -0.140. The van der Waals surface area contributed by atoms with Gasteiger partial charge in [0.15, 0.2) is 0 Å². The van der Waals surface area contributed by atoms with Crippen molar-refractivity contribution in [1.29, 1.82) is 0 Å². The van der Waals surface area contributed by atoms with Gasteiger partial charge in [-0.05, 0) is 31.2 Å². The second-order valence-corrected chi connectivity index (χ2v) is 12.4. The summed E-state index contributed by atoms with van der Waals surface area (Å²) in [6, 6.07) is 11.3. The predicted molar refractivity (Wildman–Crippen MR) is 154 cm³/mol. The first-order valence-electron chi connectivity index (χ1n) is 14.7. The van der Waals surface area contributed by atoms with Crippen LogP contribution in [0.3, 0.4) is 0 Å². The van der Waals surface area contributed by atoms with E-state index < -0.39 is 11.0 Å². The van der Waals surface area contributed by atoms with Gasteiger partial charge < -0.3 is 19.6 Å². The molecule has 2 amide bonds. The second kappa shape index (κ2) is 10.6. The number of urea groups is 1. The molecule has 2 aliphatic heterocycles. The molecule has 8 nitrogen and oxygen atoms in total. The van der Waals surface area contributed by atoms with E-state index in [1.807, 2.05) is 40.1 Å². The van der Waals surface area contributed by atoms with Gasteiger partial charge in [-0.2, -0.15) is 5.10 Å². The fourth-order valence-corrected chi connectivity index (χ4v) is 7.40. The number of piperidine rings is 1. The zero-order valence-electron chi connectivity index (χ0n) is 23.4.